The van der Waals surface area contributed by atoms with Crippen LogP contribution in [-0.4, -0.2) is 20.9 Å². The fourth-order valence-corrected chi connectivity index (χ4v) is 1.32. The number of aromatic nitrogens is 2. The monoisotopic (exact) mass is 246 g/mol. The number of aliphatic carboxylic acids is 1. The van der Waals surface area contributed by atoms with E-state index in [9.17, 15) is 4.79 Å². The van der Waals surface area contributed by atoms with Crippen molar-refractivity contribution in [3.63, 3.8) is 0 Å². The normalized spacial score (nSPS) is 12.8. The van der Waals surface area contributed by atoms with Crippen molar-refractivity contribution in [3.8, 4) is 0 Å². The van der Waals surface area contributed by atoms with Gasteiger partial charge in [0, 0.05) is 18.7 Å². The van der Waals surface area contributed by atoms with Crippen LogP contribution in [0.15, 0.2) is 16.9 Å². The van der Waals surface area contributed by atoms with Crippen molar-refractivity contribution in [2.75, 3.05) is 0 Å². The first-order valence-electron chi connectivity index (χ1n) is 4.01. The Kier molecular flexibility index (Phi) is 3.48. The topological polar surface area (TPSA) is 55.1 Å². The molecule has 0 aromatic carbocycles. The quantitative estimate of drug-likeness (QED) is 0.885. The van der Waals surface area contributed by atoms with Gasteiger partial charge in [0.05, 0.1) is 10.7 Å². The third kappa shape index (κ3) is 3.18. The molecule has 5 heteroatoms. The summed E-state index contributed by atoms with van der Waals surface area (Å²) in [6.45, 7) is 1.95. The minimum Gasteiger partial charge on any atom is -0.481 e. The van der Waals surface area contributed by atoms with E-state index in [1.807, 2.05) is 13.1 Å². The molecule has 0 spiro atoms. The van der Waals surface area contributed by atoms with Gasteiger partial charge in [-0.05, 0) is 29.3 Å². The molecule has 1 atom stereocenters. The van der Waals surface area contributed by atoms with E-state index in [4.69, 9.17) is 5.11 Å². The van der Waals surface area contributed by atoms with Crippen LogP contribution in [-0.2, 0) is 4.79 Å². The lowest BCUT2D eigenvalue weighted by molar-refractivity contribution is -0.137. The maximum atomic E-state index is 10.3. The molecular formula is C8H11BrN2O2. The Morgan fingerprint density at radius 3 is 3.00 bits per heavy atom. The third-order valence-corrected chi connectivity index (χ3v) is 2.21. The highest BCUT2D eigenvalue weighted by Gasteiger charge is 2.07. The smallest absolute Gasteiger partial charge is 0.303 e. The Morgan fingerprint density at radius 2 is 2.54 bits per heavy atom. The predicted molar refractivity (Wildman–Crippen MR) is 51.5 cm³/mol. The van der Waals surface area contributed by atoms with E-state index < -0.39 is 5.97 Å². The number of nitrogens with zero attached hydrogens (tertiary/aromatic N) is 2. The van der Waals surface area contributed by atoms with Gasteiger partial charge in [-0.3, -0.25) is 9.48 Å². The fourth-order valence-electron chi connectivity index (χ4n) is 1.02. The maximum Gasteiger partial charge on any atom is 0.303 e. The van der Waals surface area contributed by atoms with Gasteiger partial charge in [-0.25, -0.2) is 0 Å². The Hall–Kier alpha value is -0.840. The fraction of sp³-hybridized carbons (Fsp3) is 0.500. The molecule has 0 saturated heterocycles. The van der Waals surface area contributed by atoms with Crippen LogP contribution in [0, 0.1) is 0 Å². The number of carboxylic acid groups (broad SMARTS) is 1. The zero-order valence-corrected chi connectivity index (χ0v) is 8.86. The lowest BCUT2D eigenvalue weighted by Gasteiger charge is -2.09. The second kappa shape index (κ2) is 4.41. The molecule has 1 heterocycles. The maximum absolute atomic E-state index is 10.3. The van der Waals surface area contributed by atoms with Crippen LogP contribution in [0.1, 0.15) is 25.8 Å². The van der Waals surface area contributed by atoms with E-state index in [1.165, 1.54) is 0 Å². The van der Waals surface area contributed by atoms with Gasteiger partial charge in [-0.1, -0.05) is 0 Å². The molecule has 72 valence electrons. The molecule has 0 aliphatic carbocycles. The number of hydrogen-bond acceptors (Lipinski definition) is 2. The van der Waals surface area contributed by atoms with Crippen molar-refractivity contribution in [1.29, 1.82) is 0 Å². The highest BCUT2D eigenvalue weighted by Crippen LogP contribution is 2.15. The van der Waals surface area contributed by atoms with Gasteiger partial charge in [-0.2, -0.15) is 5.10 Å². The first kappa shape index (κ1) is 10.2. The van der Waals surface area contributed by atoms with Crippen LogP contribution in [0.4, 0.5) is 0 Å². The number of carboxylic acids is 1. The van der Waals surface area contributed by atoms with Crippen molar-refractivity contribution in [2.24, 2.45) is 0 Å². The van der Waals surface area contributed by atoms with Crippen LogP contribution in [0.2, 0.25) is 0 Å². The molecule has 13 heavy (non-hydrogen) atoms. The van der Waals surface area contributed by atoms with Gasteiger partial charge < -0.3 is 5.11 Å². The average Bonchev–Trinajstić information content (AvgIpc) is 2.47. The highest BCUT2D eigenvalue weighted by molar-refractivity contribution is 9.10. The van der Waals surface area contributed by atoms with Gasteiger partial charge in [0.15, 0.2) is 0 Å². The average molecular weight is 247 g/mol. The molecular weight excluding hydrogens is 236 g/mol. The Morgan fingerprint density at radius 1 is 1.85 bits per heavy atom. The molecule has 4 nitrogen and oxygen atoms in total. The molecule has 0 aliphatic heterocycles. The van der Waals surface area contributed by atoms with E-state index >= 15 is 0 Å². The molecule has 0 aliphatic rings. The first-order chi connectivity index (χ1) is 6.09. The third-order valence-electron chi connectivity index (χ3n) is 1.80. The summed E-state index contributed by atoms with van der Waals surface area (Å²) in [7, 11) is 0. The van der Waals surface area contributed by atoms with Crippen LogP contribution in [0.5, 0.6) is 0 Å². The Balaban J connectivity index is 2.48. The van der Waals surface area contributed by atoms with Crippen molar-refractivity contribution >= 4 is 21.9 Å². The van der Waals surface area contributed by atoms with E-state index in [2.05, 4.69) is 21.0 Å². The number of hydrogen-bond donors (Lipinski definition) is 1. The zero-order valence-electron chi connectivity index (χ0n) is 7.27. The van der Waals surface area contributed by atoms with Crippen LogP contribution >= 0.6 is 15.9 Å². The zero-order chi connectivity index (χ0) is 9.84. The molecule has 0 saturated carbocycles. The molecule has 1 N–H and O–H groups in total. The van der Waals surface area contributed by atoms with Crippen LogP contribution < -0.4 is 0 Å². The summed E-state index contributed by atoms with van der Waals surface area (Å²) in [6.07, 6.45) is 4.31. The van der Waals surface area contributed by atoms with Crippen LogP contribution in [0.25, 0.3) is 0 Å². The highest BCUT2D eigenvalue weighted by atomic mass is 79.9. The summed E-state index contributed by atoms with van der Waals surface area (Å²) in [4.78, 5) is 10.3. The van der Waals surface area contributed by atoms with Crippen molar-refractivity contribution in [2.45, 2.75) is 25.8 Å². The van der Waals surface area contributed by atoms with E-state index in [0.29, 0.717) is 6.42 Å². The summed E-state index contributed by atoms with van der Waals surface area (Å²) in [5, 5.41) is 12.5. The minimum absolute atomic E-state index is 0.127. The van der Waals surface area contributed by atoms with Crippen LogP contribution in [0.3, 0.4) is 0 Å². The molecule has 1 aromatic rings. The summed E-state index contributed by atoms with van der Waals surface area (Å²) >= 11 is 3.28. The van der Waals surface area contributed by atoms with Crippen molar-refractivity contribution in [3.05, 3.63) is 16.9 Å². The van der Waals surface area contributed by atoms with Crippen molar-refractivity contribution < 1.29 is 9.90 Å². The summed E-state index contributed by atoms with van der Waals surface area (Å²) in [5.74, 6) is -0.766. The molecule has 1 rings (SSSR count). The lowest BCUT2D eigenvalue weighted by atomic mass is 10.2. The van der Waals surface area contributed by atoms with E-state index in [0.717, 1.165) is 4.47 Å². The molecule has 0 amide bonds. The summed E-state index contributed by atoms with van der Waals surface area (Å²) < 4.78 is 2.67. The largest absolute Gasteiger partial charge is 0.481 e. The predicted octanol–water partition coefficient (Wildman–Crippen LogP) is 2.07. The molecule has 0 bridgehead atoms. The van der Waals surface area contributed by atoms with Gasteiger partial charge in [0.2, 0.25) is 0 Å². The van der Waals surface area contributed by atoms with Gasteiger partial charge in [-0.15, -0.1) is 0 Å². The Bertz CT molecular complexity index is 298. The van der Waals surface area contributed by atoms with Gasteiger partial charge >= 0.3 is 5.97 Å². The van der Waals surface area contributed by atoms with E-state index in [1.54, 1.807) is 10.9 Å². The molecule has 1 unspecified atom stereocenters. The van der Waals surface area contributed by atoms with Gasteiger partial charge in [0.25, 0.3) is 0 Å². The first-order valence-corrected chi connectivity index (χ1v) is 4.80. The summed E-state index contributed by atoms with van der Waals surface area (Å²) in [5.41, 5.74) is 0. The number of halogens is 1. The lowest BCUT2D eigenvalue weighted by Crippen LogP contribution is -2.07. The number of rotatable bonds is 4. The molecule has 0 fully saturated rings. The van der Waals surface area contributed by atoms with Gasteiger partial charge in [0.1, 0.15) is 0 Å². The second-order valence-electron chi connectivity index (χ2n) is 2.92. The standard InChI is InChI=1S/C8H11BrN2O2/c1-6(2-3-8(12)13)11-5-7(9)4-10-11/h4-6H,2-3H2,1H3,(H,12,13). The van der Waals surface area contributed by atoms with Crippen molar-refractivity contribution in [1.82, 2.24) is 9.78 Å². The molecule has 1 aromatic heterocycles. The summed E-state index contributed by atoms with van der Waals surface area (Å²) in [6, 6.07) is 0.127. The SMILES string of the molecule is CC(CCC(=O)O)n1cc(Br)cn1. The second-order valence-corrected chi connectivity index (χ2v) is 3.84. The Labute approximate surface area is 84.7 Å². The minimum atomic E-state index is -0.766. The van der Waals surface area contributed by atoms with E-state index in [-0.39, 0.29) is 12.5 Å². The molecule has 0 radical (unpaired) electrons. The number of carbonyl (C=O) groups is 1.